The lowest BCUT2D eigenvalue weighted by Crippen LogP contribution is -2.08. The fraction of sp³-hybridized carbons (Fsp3) is 0.0769. The lowest BCUT2D eigenvalue weighted by atomic mass is 10.2. The predicted octanol–water partition coefficient (Wildman–Crippen LogP) is 5.20. The third-order valence-electron chi connectivity index (χ3n) is 2.39. The van der Waals surface area contributed by atoms with E-state index in [1.165, 1.54) is 17.8 Å². The molecule has 0 atom stereocenters. The van der Waals surface area contributed by atoms with Gasteiger partial charge in [0, 0.05) is 20.0 Å². The van der Waals surface area contributed by atoms with Crippen LogP contribution in [0.2, 0.25) is 0 Å². The summed E-state index contributed by atoms with van der Waals surface area (Å²) in [6.07, 6.45) is -4.44. The monoisotopic (exact) mass is 347 g/mol. The van der Waals surface area contributed by atoms with Crippen LogP contribution < -0.4 is 5.73 Å². The van der Waals surface area contributed by atoms with Gasteiger partial charge in [-0.3, -0.25) is 0 Å². The summed E-state index contributed by atoms with van der Waals surface area (Å²) in [6.45, 7) is 0. The number of nitrogen functional groups attached to an aromatic ring is 1. The number of anilines is 1. The minimum absolute atomic E-state index is 0.260. The zero-order valence-corrected chi connectivity index (χ0v) is 11.9. The molecular weight excluding hydrogens is 339 g/mol. The molecule has 1 nitrogen and oxygen atoms in total. The van der Waals surface area contributed by atoms with Crippen molar-refractivity contribution in [3.05, 3.63) is 52.5 Å². The molecule has 0 saturated carbocycles. The Morgan fingerprint density at radius 3 is 2.37 bits per heavy atom. The van der Waals surface area contributed by atoms with Crippen LogP contribution in [0.5, 0.6) is 0 Å². The van der Waals surface area contributed by atoms with Crippen LogP contribution in [0.1, 0.15) is 5.56 Å². The molecule has 0 saturated heterocycles. The van der Waals surface area contributed by atoms with E-state index in [1.54, 1.807) is 6.07 Å². The van der Waals surface area contributed by atoms with Crippen molar-refractivity contribution in [3.63, 3.8) is 0 Å². The first-order chi connectivity index (χ1) is 8.88. The van der Waals surface area contributed by atoms with Crippen molar-refractivity contribution in [1.82, 2.24) is 0 Å². The van der Waals surface area contributed by atoms with Gasteiger partial charge < -0.3 is 5.73 Å². The third-order valence-corrected chi connectivity index (χ3v) is 4.41. The van der Waals surface area contributed by atoms with E-state index in [0.717, 1.165) is 15.4 Å². The number of nitrogens with two attached hydrogens (primary N) is 1. The number of hydrogen-bond acceptors (Lipinski definition) is 2. The lowest BCUT2D eigenvalue weighted by Gasteiger charge is -2.12. The van der Waals surface area contributed by atoms with E-state index in [-0.39, 0.29) is 5.69 Å². The number of halogens is 4. The van der Waals surface area contributed by atoms with Gasteiger partial charge in [-0.2, -0.15) is 13.2 Å². The second-order valence-corrected chi connectivity index (χ2v) is 5.75. The Morgan fingerprint density at radius 1 is 1.05 bits per heavy atom. The molecule has 19 heavy (non-hydrogen) atoms. The highest BCUT2D eigenvalue weighted by Gasteiger charge is 2.33. The highest BCUT2D eigenvalue weighted by molar-refractivity contribution is 9.10. The number of rotatable bonds is 2. The van der Waals surface area contributed by atoms with E-state index in [0.29, 0.717) is 4.90 Å². The lowest BCUT2D eigenvalue weighted by molar-refractivity contribution is -0.137. The fourth-order valence-electron chi connectivity index (χ4n) is 1.50. The van der Waals surface area contributed by atoms with Crippen LogP contribution in [0.15, 0.2) is 56.7 Å². The fourth-order valence-corrected chi connectivity index (χ4v) is 2.91. The summed E-state index contributed by atoms with van der Waals surface area (Å²) in [5.41, 5.74) is 4.30. The molecule has 2 aromatic rings. The predicted molar refractivity (Wildman–Crippen MR) is 74.1 cm³/mol. The number of benzene rings is 2. The zero-order valence-electron chi connectivity index (χ0n) is 9.54. The SMILES string of the molecule is Nc1ccc(Sc2ccccc2Br)cc1C(F)(F)F. The topological polar surface area (TPSA) is 26.0 Å². The molecule has 0 heterocycles. The Morgan fingerprint density at radius 2 is 1.74 bits per heavy atom. The molecule has 2 N–H and O–H groups in total. The third kappa shape index (κ3) is 3.45. The van der Waals surface area contributed by atoms with Gasteiger partial charge in [0.05, 0.1) is 5.56 Å². The maximum absolute atomic E-state index is 12.7. The normalized spacial score (nSPS) is 11.6. The summed E-state index contributed by atoms with van der Waals surface area (Å²) < 4.78 is 39.1. The van der Waals surface area contributed by atoms with Crippen LogP contribution in [0.25, 0.3) is 0 Å². The first kappa shape index (κ1) is 14.3. The molecule has 0 bridgehead atoms. The quantitative estimate of drug-likeness (QED) is 0.755. The van der Waals surface area contributed by atoms with Gasteiger partial charge in [0.25, 0.3) is 0 Å². The molecule has 6 heteroatoms. The minimum Gasteiger partial charge on any atom is -0.398 e. The van der Waals surface area contributed by atoms with Crippen molar-refractivity contribution < 1.29 is 13.2 Å². The molecule has 0 aliphatic rings. The van der Waals surface area contributed by atoms with Gasteiger partial charge in [0.2, 0.25) is 0 Å². The molecule has 0 aromatic heterocycles. The highest BCUT2D eigenvalue weighted by Crippen LogP contribution is 2.39. The Labute approximate surface area is 121 Å². The molecule has 0 radical (unpaired) electrons. The molecule has 0 aliphatic heterocycles. The average molecular weight is 348 g/mol. The van der Waals surface area contributed by atoms with E-state index in [1.807, 2.05) is 24.3 Å². The summed E-state index contributed by atoms with van der Waals surface area (Å²) in [4.78, 5) is 1.34. The first-order valence-corrected chi connectivity index (χ1v) is 6.88. The highest BCUT2D eigenvalue weighted by atomic mass is 79.9. The number of alkyl halides is 3. The van der Waals surface area contributed by atoms with Gasteiger partial charge in [-0.25, -0.2) is 0 Å². The maximum atomic E-state index is 12.7. The van der Waals surface area contributed by atoms with E-state index in [4.69, 9.17) is 5.73 Å². The van der Waals surface area contributed by atoms with Gasteiger partial charge in [-0.15, -0.1) is 0 Å². The van der Waals surface area contributed by atoms with Gasteiger partial charge in [-0.1, -0.05) is 23.9 Å². The Kier molecular flexibility index (Phi) is 4.10. The van der Waals surface area contributed by atoms with Crippen LogP contribution >= 0.6 is 27.7 Å². The number of hydrogen-bond donors (Lipinski definition) is 1. The van der Waals surface area contributed by atoms with Crippen molar-refractivity contribution in [2.75, 3.05) is 5.73 Å². The average Bonchev–Trinajstić information content (AvgIpc) is 2.33. The molecule has 2 aromatic carbocycles. The summed E-state index contributed by atoms with van der Waals surface area (Å²) in [5, 5.41) is 0. The minimum atomic E-state index is -4.44. The van der Waals surface area contributed by atoms with Crippen molar-refractivity contribution in [3.8, 4) is 0 Å². The molecule has 0 aliphatic carbocycles. The van der Waals surface area contributed by atoms with Crippen molar-refractivity contribution in [2.24, 2.45) is 0 Å². The van der Waals surface area contributed by atoms with Crippen LogP contribution in [-0.2, 0) is 6.18 Å². The summed E-state index contributed by atoms with van der Waals surface area (Å²) in [5.74, 6) is 0. The van der Waals surface area contributed by atoms with Crippen molar-refractivity contribution in [2.45, 2.75) is 16.0 Å². The van der Waals surface area contributed by atoms with E-state index < -0.39 is 11.7 Å². The second kappa shape index (κ2) is 5.46. The van der Waals surface area contributed by atoms with Crippen molar-refractivity contribution in [1.29, 1.82) is 0 Å². The zero-order chi connectivity index (χ0) is 14.0. The smallest absolute Gasteiger partial charge is 0.398 e. The van der Waals surface area contributed by atoms with Gasteiger partial charge in [0.15, 0.2) is 0 Å². The Hall–Kier alpha value is -1.14. The van der Waals surface area contributed by atoms with Gasteiger partial charge in [0.1, 0.15) is 0 Å². The summed E-state index contributed by atoms with van der Waals surface area (Å²) in [6, 6.07) is 11.3. The van der Waals surface area contributed by atoms with Crippen LogP contribution in [0.4, 0.5) is 18.9 Å². The molecular formula is C13H9BrF3NS. The molecule has 0 fully saturated rings. The molecule has 0 amide bonds. The Bertz CT molecular complexity index is 599. The molecule has 2 rings (SSSR count). The summed E-state index contributed by atoms with van der Waals surface area (Å²) >= 11 is 4.61. The van der Waals surface area contributed by atoms with Crippen molar-refractivity contribution >= 4 is 33.4 Å². The summed E-state index contributed by atoms with van der Waals surface area (Å²) in [7, 11) is 0. The molecule has 0 spiro atoms. The second-order valence-electron chi connectivity index (χ2n) is 3.78. The van der Waals surface area contributed by atoms with E-state index in [2.05, 4.69) is 15.9 Å². The van der Waals surface area contributed by atoms with E-state index in [9.17, 15) is 13.2 Å². The molecule has 100 valence electrons. The van der Waals surface area contributed by atoms with Gasteiger partial charge in [-0.05, 0) is 46.3 Å². The van der Waals surface area contributed by atoms with Crippen LogP contribution in [0.3, 0.4) is 0 Å². The standard InChI is InChI=1S/C13H9BrF3NS/c14-10-3-1-2-4-12(10)19-8-5-6-11(18)9(7-8)13(15,16)17/h1-7H,18H2. The van der Waals surface area contributed by atoms with Gasteiger partial charge >= 0.3 is 6.18 Å². The van der Waals surface area contributed by atoms with Crippen LogP contribution in [0, 0.1) is 0 Å². The van der Waals surface area contributed by atoms with E-state index >= 15 is 0 Å². The Balaban J connectivity index is 2.35. The largest absolute Gasteiger partial charge is 0.418 e. The first-order valence-electron chi connectivity index (χ1n) is 5.27. The maximum Gasteiger partial charge on any atom is 0.418 e. The molecule has 0 unspecified atom stereocenters. The van der Waals surface area contributed by atoms with Crippen LogP contribution in [-0.4, -0.2) is 0 Å².